The minimum Gasteiger partial charge on any atom is -0.369 e. The Morgan fingerprint density at radius 1 is 1.47 bits per heavy atom. The fraction of sp³-hybridized carbons (Fsp3) is 0.462. The van der Waals surface area contributed by atoms with Crippen LogP contribution in [0, 0.1) is 8.99 Å². The number of carbonyl (C=O) groups excluding carboxylic acids is 1. The molecule has 0 saturated carbocycles. The Labute approximate surface area is 116 Å². The Kier molecular flexibility index (Phi) is 3.73. The van der Waals surface area contributed by atoms with Crippen molar-refractivity contribution in [2.45, 2.75) is 19.9 Å². The van der Waals surface area contributed by atoms with Crippen molar-refractivity contribution in [3.8, 4) is 0 Å². The molecule has 92 valence electrons. The zero-order chi connectivity index (χ0) is 12.5. The molecule has 0 spiro atoms. The molecule has 0 aromatic heterocycles. The van der Waals surface area contributed by atoms with Gasteiger partial charge in [-0.1, -0.05) is 12.1 Å². The van der Waals surface area contributed by atoms with E-state index in [1.807, 2.05) is 6.92 Å². The van der Waals surface area contributed by atoms with Gasteiger partial charge in [-0.25, -0.2) is 0 Å². The van der Waals surface area contributed by atoms with E-state index in [1.54, 1.807) is 0 Å². The number of amides is 1. The number of halogens is 1. The number of hydrogen-bond acceptors (Lipinski definition) is 2. The molecule has 0 bridgehead atoms. The van der Waals surface area contributed by atoms with E-state index in [1.165, 1.54) is 9.13 Å². The van der Waals surface area contributed by atoms with Crippen molar-refractivity contribution in [1.29, 1.82) is 0 Å². The highest BCUT2D eigenvalue weighted by Gasteiger charge is 2.38. The number of primary amides is 1. The van der Waals surface area contributed by atoms with Crippen molar-refractivity contribution < 1.29 is 4.79 Å². The van der Waals surface area contributed by atoms with E-state index in [0.717, 1.165) is 26.1 Å². The molecule has 1 saturated heterocycles. The van der Waals surface area contributed by atoms with Gasteiger partial charge in [0.15, 0.2) is 0 Å². The molecule has 3 nitrogen and oxygen atoms in total. The molecular formula is C13H17IN2O. The Bertz CT molecular complexity index is 418. The van der Waals surface area contributed by atoms with Crippen LogP contribution < -0.4 is 5.73 Å². The van der Waals surface area contributed by atoms with E-state index < -0.39 is 0 Å². The molecule has 1 aromatic carbocycles. The van der Waals surface area contributed by atoms with Crippen LogP contribution in [-0.2, 0) is 11.3 Å². The number of nitrogens with two attached hydrogens (primary N) is 1. The number of carbonyl (C=O) groups is 1. The Balaban J connectivity index is 1.98. The van der Waals surface area contributed by atoms with E-state index in [-0.39, 0.29) is 11.3 Å². The predicted molar refractivity (Wildman–Crippen MR) is 76.4 cm³/mol. The molecule has 1 unspecified atom stereocenters. The predicted octanol–water partition coefficient (Wildman–Crippen LogP) is 1.99. The molecular weight excluding hydrogens is 327 g/mol. The lowest BCUT2D eigenvalue weighted by atomic mass is 9.89. The van der Waals surface area contributed by atoms with Gasteiger partial charge in [-0.2, -0.15) is 0 Å². The van der Waals surface area contributed by atoms with Crippen molar-refractivity contribution in [2.24, 2.45) is 11.1 Å². The van der Waals surface area contributed by atoms with Crippen molar-refractivity contribution in [1.82, 2.24) is 4.90 Å². The van der Waals surface area contributed by atoms with Crippen LogP contribution in [0.2, 0.25) is 0 Å². The third-order valence-corrected chi connectivity index (χ3v) is 4.19. The molecule has 1 aliphatic rings. The molecule has 4 heteroatoms. The number of rotatable bonds is 3. The van der Waals surface area contributed by atoms with E-state index in [2.05, 4.69) is 51.8 Å². The van der Waals surface area contributed by atoms with Crippen molar-refractivity contribution in [3.63, 3.8) is 0 Å². The summed E-state index contributed by atoms with van der Waals surface area (Å²) in [5.41, 5.74) is 6.39. The second-order valence-corrected chi connectivity index (χ2v) is 6.26. The summed E-state index contributed by atoms with van der Waals surface area (Å²) < 4.78 is 1.25. The van der Waals surface area contributed by atoms with Crippen LogP contribution >= 0.6 is 22.6 Å². The van der Waals surface area contributed by atoms with Gasteiger partial charge in [0.25, 0.3) is 0 Å². The molecule has 1 fully saturated rings. The first kappa shape index (κ1) is 12.8. The molecule has 1 aliphatic heterocycles. The minimum absolute atomic E-state index is 0.178. The van der Waals surface area contributed by atoms with E-state index in [0.29, 0.717) is 0 Å². The lowest BCUT2D eigenvalue weighted by Gasteiger charge is -2.21. The molecule has 0 aliphatic carbocycles. The maximum Gasteiger partial charge on any atom is 0.224 e. The van der Waals surface area contributed by atoms with Crippen LogP contribution in [0.5, 0.6) is 0 Å². The quantitative estimate of drug-likeness (QED) is 0.853. The average molecular weight is 344 g/mol. The second kappa shape index (κ2) is 4.94. The van der Waals surface area contributed by atoms with Crippen LogP contribution in [0.1, 0.15) is 18.9 Å². The number of likely N-dealkylation sites (tertiary alicyclic amines) is 1. The fourth-order valence-electron chi connectivity index (χ4n) is 2.24. The van der Waals surface area contributed by atoms with Gasteiger partial charge in [-0.05, 0) is 60.2 Å². The fourth-order valence-corrected chi connectivity index (χ4v) is 2.60. The number of hydrogen-bond donors (Lipinski definition) is 1. The zero-order valence-corrected chi connectivity index (χ0v) is 12.1. The van der Waals surface area contributed by atoms with Crippen molar-refractivity contribution in [2.75, 3.05) is 13.1 Å². The molecule has 1 aromatic rings. The summed E-state index contributed by atoms with van der Waals surface area (Å²) in [6.07, 6.45) is 0.868. The van der Waals surface area contributed by atoms with Crippen LogP contribution in [0.15, 0.2) is 24.3 Å². The van der Waals surface area contributed by atoms with Gasteiger partial charge in [0, 0.05) is 16.7 Å². The molecule has 1 atom stereocenters. The molecule has 1 heterocycles. The summed E-state index contributed by atoms with van der Waals surface area (Å²) in [6.45, 7) is 4.59. The highest BCUT2D eigenvalue weighted by atomic mass is 127. The maximum atomic E-state index is 11.4. The zero-order valence-electron chi connectivity index (χ0n) is 9.95. The molecule has 0 radical (unpaired) electrons. The lowest BCUT2D eigenvalue weighted by molar-refractivity contribution is -0.126. The summed E-state index contributed by atoms with van der Waals surface area (Å²) in [6, 6.07) is 8.50. The first-order chi connectivity index (χ1) is 7.99. The van der Waals surface area contributed by atoms with E-state index >= 15 is 0 Å². The monoisotopic (exact) mass is 344 g/mol. The Hall–Kier alpha value is -0.620. The smallest absolute Gasteiger partial charge is 0.224 e. The summed E-state index contributed by atoms with van der Waals surface area (Å²) in [7, 11) is 0. The first-order valence-corrected chi connectivity index (χ1v) is 6.84. The molecule has 1 amide bonds. The number of nitrogens with zero attached hydrogens (tertiary/aromatic N) is 1. The third kappa shape index (κ3) is 2.98. The lowest BCUT2D eigenvalue weighted by Crippen LogP contribution is -2.36. The average Bonchev–Trinajstić information content (AvgIpc) is 2.65. The van der Waals surface area contributed by atoms with Crippen LogP contribution in [0.4, 0.5) is 0 Å². The summed E-state index contributed by atoms with van der Waals surface area (Å²) in [5.74, 6) is -0.178. The van der Waals surface area contributed by atoms with Gasteiger partial charge >= 0.3 is 0 Å². The molecule has 2 N–H and O–H groups in total. The summed E-state index contributed by atoms with van der Waals surface area (Å²) in [5, 5.41) is 0. The molecule has 2 rings (SSSR count). The van der Waals surface area contributed by atoms with Gasteiger partial charge in [0.2, 0.25) is 5.91 Å². The van der Waals surface area contributed by atoms with Gasteiger partial charge < -0.3 is 5.73 Å². The van der Waals surface area contributed by atoms with E-state index in [9.17, 15) is 4.79 Å². The van der Waals surface area contributed by atoms with Crippen LogP contribution in [0.3, 0.4) is 0 Å². The van der Waals surface area contributed by atoms with Crippen molar-refractivity contribution in [3.05, 3.63) is 33.4 Å². The largest absolute Gasteiger partial charge is 0.369 e. The first-order valence-electron chi connectivity index (χ1n) is 5.76. The van der Waals surface area contributed by atoms with Gasteiger partial charge in [-0.3, -0.25) is 9.69 Å². The maximum absolute atomic E-state index is 11.4. The Morgan fingerprint density at radius 2 is 2.12 bits per heavy atom. The molecule has 17 heavy (non-hydrogen) atoms. The van der Waals surface area contributed by atoms with Gasteiger partial charge in [0.1, 0.15) is 0 Å². The third-order valence-electron chi connectivity index (χ3n) is 3.47. The van der Waals surface area contributed by atoms with Crippen molar-refractivity contribution >= 4 is 28.5 Å². The highest BCUT2D eigenvalue weighted by molar-refractivity contribution is 14.1. The second-order valence-electron chi connectivity index (χ2n) is 5.01. The SMILES string of the molecule is CC1(C(N)=O)CCN(Cc2ccc(I)cc2)C1. The highest BCUT2D eigenvalue weighted by Crippen LogP contribution is 2.30. The number of benzene rings is 1. The standard InChI is InChI=1S/C13H17IN2O/c1-13(12(15)17)6-7-16(9-13)8-10-2-4-11(14)5-3-10/h2-5H,6-9H2,1H3,(H2,15,17). The van der Waals surface area contributed by atoms with Crippen LogP contribution in [0.25, 0.3) is 0 Å². The summed E-state index contributed by atoms with van der Waals surface area (Å²) >= 11 is 2.30. The Morgan fingerprint density at radius 3 is 2.65 bits per heavy atom. The normalized spacial score (nSPS) is 25.1. The minimum atomic E-state index is -0.344. The van der Waals surface area contributed by atoms with Gasteiger partial charge in [0.05, 0.1) is 5.41 Å². The van der Waals surface area contributed by atoms with Crippen LogP contribution in [-0.4, -0.2) is 23.9 Å². The van der Waals surface area contributed by atoms with Gasteiger partial charge in [-0.15, -0.1) is 0 Å². The summed E-state index contributed by atoms with van der Waals surface area (Å²) in [4.78, 5) is 13.7. The topological polar surface area (TPSA) is 46.3 Å². The van der Waals surface area contributed by atoms with E-state index in [4.69, 9.17) is 5.73 Å².